The van der Waals surface area contributed by atoms with Crippen molar-refractivity contribution in [2.24, 2.45) is 5.73 Å². The largest absolute Gasteiger partial charge is 0.468 e. The molecule has 5 rings (SSSR count). The van der Waals surface area contributed by atoms with Crippen molar-refractivity contribution >= 4 is 28.3 Å². The molecule has 3 N–H and O–H groups in total. The van der Waals surface area contributed by atoms with Gasteiger partial charge in [-0.25, -0.2) is 0 Å². The van der Waals surface area contributed by atoms with E-state index < -0.39 is 5.91 Å². The number of ether oxygens (including phenoxy) is 1. The molecule has 1 spiro atoms. The molecule has 1 aromatic carbocycles. The van der Waals surface area contributed by atoms with Crippen LogP contribution in [-0.4, -0.2) is 28.0 Å². The summed E-state index contributed by atoms with van der Waals surface area (Å²) in [6.07, 6.45) is 3.84. The number of benzene rings is 1. The van der Waals surface area contributed by atoms with Crippen molar-refractivity contribution in [2.75, 3.05) is 11.4 Å². The fourth-order valence-electron chi connectivity index (χ4n) is 3.36. The Labute approximate surface area is 138 Å². The molecule has 0 saturated heterocycles. The van der Waals surface area contributed by atoms with Crippen LogP contribution in [0.4, 0.5) is 11.4 Å². The Bertz CT molecular complexity index is 974. The van der Waals surface area contributed by atoms with Crippen molar-refractivity contribution in [3.63, 3.8) is 0 Å². The monoisotopic (exact) mass is 320 g/mol. The standard InChI is InChI=1S/C18H16N4O2/c19-15(23)12-3-1-2-4-13(12)22-10-18(6-7-18)24-17-14(22)9-11-5-8-20-16(11)21-17/h1-5,8-9H,6-7,10H2,(H2,19,23)(H,20,21). The lowest BCUT2D eigenvalue weighted by molar-refractivity contribution is 0.1000. The molecule has 3 aromatic rings. The van der Waals surface area contributed by atoms with E-state index in [1.165, 1.54) is 0 Å². The molecule has 0 atom stereocenters. The van der Waals surface area contributed by atoms with Crippen molar-refractivity contribution in [3.8, 4) is 5.88 Å². The van der Waals surface area contributed by atoms with Gasteiger partial charge in [0.2, 0.25) is 5.88 Å². The van der Waals surface area contributed by atoms with Gasteiger partial charge in [-0.2, -0.15) is 4.98 Å². The molecule has 1 aliphatic carbocycles. The summed E-state index contributed by atoms with van der Waals surface area (Å²) in [6.45, 7) is 0.696. The summed E-state index contributed by atoms with van der Waals surface area (Å²) in [5, 5.41) is 1.01. The lowest BCUT2D eigenvalue weighted by atomic mass is 10.1. The Kier molecular flexibility index (Phi) is 2.52. The van der Waals surface area contributed by atoms with Gasteiger partial charge in [0.1, 0.15) is 16.9 Å². The maximum atomic E-state index is 11.9. The molecule has 0 unspecified atom stereocenters. The average molecular weight is 320 g/mol. The van der Waals surface area contributed by atoms with Crippen LogP contribution in [0.15, 0.2) is 42.6 Å². The summed E-state index contributed by atoms with van der Waals surface area (Å²) < 4.78 is 6.17. The second kappa shape index (κ2) is 4.50. The van der Waals surface area contributed by atoms with E-state index in [4.69, 9.17) is 10.5 Å². The Hall–Kier alpha value is -3.02. The molecule has 6 nitrogen and oxygen atoms in total. The molecule has 1 saturated carbocycles. The number of para-hydroxylation sites is 1. The number of rotatable bonds is 2. The number of anilines is 2. The van der Waals surface area contributed by atoms with Gasteiger partial charge in [0.05, 0.1) is 17.8 Å². The number of H-pyrrole nitrogens is 1. The molecule has 120 valence electrons. The van der Waals surface area contributed by atoms with Gasteiger partial charge in [-0.1, -0.05) is 12.1 Å². The third kappa shape index (κ3) is 1.89. The number of carbonyl (C=O) groups excluding carboxylic acids is 1. The number of nitrogens with one attached hydrogen (secondary N) is 1. The minimum Gasteiger partial charge on any atom is -0.468 e. The molecule has 3 heterocycles. The van der Waals surface area contributed by atoms with Crippen LogP contribution in [0.5, 0.6) is 5.88 Å². The van der Waals surface area contributed by atoms with E-state index in [2.05, 4.69) is 14.9 Å². The molecule has 2 aromatic heterocycles. The zero-order valence-electron chi connectivity index (χ0n) is 13.0. The smallest absolute Gasteiger partial charge is 0.250 e. The minimum absolute atomic E-state index is 0.203. The zero-order valence-corrected chi connectivity index (χ0v) is 13.0. The van der Waals surface area contributed by atoms with Gasteiger partial charge in [-0.3, -0.25) is 4.79 Å². The lowest BCUT2D eigenvalue weighted by Crippen LogP contribution is -2.40. The van der Waals surface area contributed by atoms with E-state index in [9.17, 15) is 4.79 Å². The Balaban J connectivity index is 1.73. The summed E-state index contributed by atoms with van der Waals surface area (Å²) in [5.41, 5.74) is 8.36. The Morgan fingerprint density at radius 2 is 2.08 bits per heavy atom. The highest BCUT2D eigenvalue weighted by atomic mass is 16.5. The van der Waals surface area contributed by atoms with Crippen molar-refractivity contribution < 1.29 is 9.53 Å². The maximum absolute atomic E-state index is 11.9. The summed E-state index contributed by atoms with van der Waals surface area (Å²) in [6, 6.07) is 11.4. The first-order valence-electron chi connectivity index (χ1n) is 7.99. The number of hydrogen-bond acceptors (Lipinski definition) is 4. The maximum Gasteiger partial charge on any atom is 0.250 e. The molecular weight excluding hydrogens is 304 g/mol. The normalized spacial score (nSPS) is 17.6. The lowest BCUT2D eigenvalue weighted by Gasteiger charge is -2.36. The number of hydrogen-bond donors (Lipinski definition) is 2. The van der Waals surface area contributed by atoms with E-state index >= 15 is 0 Å². The van der Waals surface area contributed by atoms with E-state index in [0.29, 0.717) is 18.0 Å². The zero-order chi connectivity index (χ0) is 16.3. The topological polar surface area (TPSA) is 84.2 Å². The van der Waals surface area contributed by atoms with E-state index in [-0.39, 0.29) is 5.60 Å². The van der Waals surface area contributed by atoms with E-state index in [1.807, 2.05) is 36.5 Å². The number of nitrogens with zero attached hydrogens (tertiary/aromatic N) is 2. The first-order valence-corrected chi connectivity index (χ1v) is 7.99. The van der Waals surface area contributed by atoms with Crippen LogP contribution in [-0.2, 0) is 0 Å². The molecule has 6 heteroatoms. The SMILES string of the molecule is NC(=O)c1ccccc1N1CC2(CC2)Oc2nc3[nH]ccc3cc21. The third-order valence-corrected chi connectivity index (χ3v) is 4.80. The third-order valence-electron chi connectivity index (χ3n) is 4.80. The molecule has 1 fully saturated rings. The second-order valence-corrected chi connectivity index (χ2v) is 6.48. The summed E-state index contributed by atoms with van der Waals surface area (Å²) in [5.74, 6) is 0.173. The first-order chi connectivity index (χ1) is 11.7. The highest BCUT2D eigenvalue weighted by molar-refractivity contribution is 6.00. The summed E-state index contributed by atoms with van der Waals surface area (Å²) in [7, 11) is 0. The molecule has 0 bridgehead atoms. The molecular formula is C18H16N4O2. The fourth-order valence-corrected chi connectivity index (χ4v) is 3.36. The van der Waals surface area contributed by atoms with Crippen LogP contribution in [0.25, 0.3) is 11.0 Å². The molecule has 24 heavy (non-hydrogen) atoms. The summed E-state index contributed by atoms with van der Waals surface area (Å²) in [4.78, 5) is 21.7. The minimum atomic E-state index is -0.431. The van der Waals surface area contributed by atoms with Gasteiger partial charge < -0.3 is 20.4 Å². The van der Waals surface area contributed by atoms with E-state index in [0.717, 1.165) is 35.2 Å². The summed E-state index contributed by atoms with van der Waals surface area (Å²) >= 11 is 0. The van der Waals surface area contributed by atoms with Gasteiger partial charge >= 0.3 is 0 Å². The Morgan fingerprint density at radius 1 is 1.25 bits per heavy atom. The predicted octanol–water partition coefficient (Wildman–Crippen LogP) is 2.72. The highest BCUT2D eigenvalue weighted by Crippen LogP contribution is 2.50. The van der Waals surface area contributed by atoms with Crippen LogP contribution in [0.3, 0.4) is 0 Å². The Morgan fingerprint density at radius 3 is 2.88 bits per heavy atom. The first kappa shape index (κ1) is 13.4. The van der Waals surface area contributed by atoms with Gasteiger partial charge in [-0.05, 0) is 37.1 Å². The molecule has 1 aliphatic heterocycles. The molecule has 2 aliphatic rings. The van der Waals surface area contributed by atoms with Gasteiger partial charge in [0.25, 0.3) is 5.91 Å². The number of aromatic amines is 1. The van der Waals surface area contributed by atoms with Gasteiger partial charge in [0, 0.05) is 11.6 Å². The fraction of sp³-hybridized carbons (Fsp3) is 0.222. The number of fused-ring (bicyclic) bond motifs is 2. The van der Waals surface area contributed by atoms with Crippen LogP contribution in [0.2, 0.25) is 0 Å². The molecule has 0 radical (unpaired) electrons. The molecule has 1 amide bonds. The second-order valence-electron chi connectivity index (χ2n) is 6.48. The quantitative estimate of drug-likeness (QED) is 0.760. The predicted molar refractivity (Wildman–Crippen MR) is 90.7 cm³/mol. The van der Waals surface area contributed by atoms with Gasteiger partial charge in [-0.15, -0.1) is 0 Å². The van der Waals surface area contributed by atoms with Crippen molar-refractivity contribution in [1.82, 2.24) is 9.97 Å². The van der Waals surface area contributed by atoms with Crippen LogP contribution < -0.4 is 15.4 Å². The number of aromatic nitrogens is 2. The van der Waals surface area contributed by atoms with Crippen LogP contribution in [0, 0.1) is 0 Å². The number of pyridine rings is 1. The van der Waals surface area contributed by atoms with E-state index in [1.54, 1.807) is 6.07 Å². The highest BCUT2D eigenvalue weighted by Gasteiger charge is 2.51. The van der Waals surface area contributed by atoms with Crippen molar-refractivity contribution in [2.45, 2.75) is 18.4 Å². The van der Waals surface area contributed by atoms with Crippen LogP contribution >= 0.6 is 0 Å². The number of amides is 1. The van der Waals surface area contributed by atoms with Crippen molar-refractivity contribution in [1.29, 1.82) is 0 Å². The average Bonchev–Trinajstić information content (AvgIpc) is 3.16. The number of primary amides is 1. The number of carbonyl (C=O) groups is 1. The number of nitrogens with two attached hydrogens (primary N) is 1. The van der Waals surface area contributed by atoms with Crippen molar-refractivity contribution in [3.05, 3.63) is 48.2 Å². The van der Waals surface area contributed by atoms with Crippen LogP contribution in [0.1, 0.15) is 23.2 Å². The van der Waals surface area contributed by atoms with Gasteiger partial charge in [0.15, 0.2) is 0 Å².